The summed E-state index contributed by atoms with van der Waals surface area (Å²) in [5.41, 5.74) is 5.41. The lowest BCUT2D eigenvalue weighted by molar-refractivity contribution is 0.341. The molecule has 0 N–H and O–H groups in total. The van der Waals surface area contributed by atoms with Crippen LogP contribution in [0.1, 0.15) is 18.2 Å². The molecule has 23 heavy (non-hydrogen) atoms. The van der Waals surface area contributed by atoms with Gasteiger partial charge in [-0.15, -0.1) is 0 Å². The van der Waals surface area contributed by atoms with E-state index in [2.05, 4.69) is 54.7 Å². The van der Waals surface area contributed by atoms with Crippen LogP contribution in [0.15, 0.2) is 42.6 Å². The summed E-state index contributed by atoms with van der Waals surface area (Å²) in [5.74, 6) is 0.885. The van der Waals surface area contributed by atoms with Gasteiger partial charge < -0.3 is 14.0 Å². The van der Waals surface area contributed by atoms with Gasteiger partial charge >= 0.3 is 0 Å². The Morgan fingerprint density at radius 1 is 1.13 bits per heavy atom. The fourth-order valence-corrected chi connectivity index (χ4v) is 2.86. The van der Waals surface area contributed by atoms with Crippen molar-refractivity contribution in [1.29, 1.82) is 0 Å². The lowest BCUT2D eigenvalue weighted by atomic mass is 10.1. The van der Waals surface area contributed by atoms with Gasteiger partial charge in [0.1, 0.15) is 11.4 Å². The number of aryl methyl sites for hydroxylation is 1. The van der Waals surface area contributed by atoms with Crippen LogP contribution in [0.2, 0.25) is 0 Å². The van der Waals surface area contributed by atoms with Gasteiger partial charge in [-0.2, -0.15) is 0 Å². The Morgan fingerprint density at radius 2 is 1.91 bits per heavy atom. The third-order valence-electron chi connectivity index (χ3n) is 3.85. The molecular weight excluding hydrogens is 286 g/mol. The molecule has 4 heteroatoms. The van der Waals surface area contributed by atoms with E-state index >= 15 is 0 Å². The third kappa shape index (κ3) is 2.94. The highest BCUT2D eigenvalue weighted by atomic mass is 16.5. The zero-order chi connectivity index (χ0) is 16.4. The number of pyridine rings is 1. The molecule has 120 valence electrons. The molecule has 0 saturated carbocycles. The maximum Gasteiger partial charge on any atom is 0.140 e. The van der Waals surface area contributed by atoms with E-state index in [0.717, 1.165) is 29.2 Å². The fraction of sp³-hybridized carbons (Fsp3) is 0.316. The third-order valence-corrected chi connectivity index (χ3v) is 3.85. The van der Waals surface area contributed by atoms with E-state index in [1.54, 1.807) is 0 Å². The molecule has 0 aliphatic heterocycles. The number of rotatable bonds is 5. The van der Waals surface area contributed by atoms with E-state index in [1.807, 2.05) is 25.1 Å². The summed E-state index contributed by atoms with van der Waals surface area (Å²) in [6.45, 7) is 5.57. The van der Waals surface area contributed by atoms with Gasteiger partial charge in [0.15, 0.2) is 0 Å². The molecule has 0 spiro atoms. The van der Waals surface area contributed by atoms with Crippen LogP contribution >= 0.6 is 0 Å². The minimum Gasteiger partial charge on any atom is -0.493 e. The van der Waals surface area contributed by atoms with Crippen molar-refractivity contribution in [1.82, 2.24) is 14.3 Å². The Morgan fingerprint density at radius 3 is 2.65 bits per heavy atom. The predicted molar refractivity (Wildman–Crippen MR) is 93.9 cm³/mol. The predicted octanol–water partition coefficient (Wildman–Crippen LogP) is 3.77. The molecule has 0 radical (unpaired) electrons. The Labute approximate surface area is 137 Å². The van der Waals surface area contributed by atoms with Crippen molar-refractivity contribution < 1.29 is 4.74 Å². The number of ether oxygens (including phenoxy) is 1. The van der Waals surface area contributed by atoms with Gasteiger partial charge in [-0.05, 0) is 51.7 Å². The molecule has 1 aromatic carbocycles. The van der Waals surface area contributed by atoms with E-state index < -0.39 is 0 Å². The van der Waals surface area contributed by atoms with E-state index in [0.29, 0.717) is 6.61 Å². The van der Waals surface area contributed by atoms with Crippen LogP contribution in [0.3, 0.4) is 0 Å². The summed E-state index contributed by atoms with van der Waals surface area (Å²) < 4.78 is 8.00. The average molecular weight is 309 g/mol. The quantitative estimate of drug-likeness (QED) is 0.718. The van der Waals surface area contributed by atoms with Gasteiger partial charge in [0.05, 0.1) is 18.0 Å². The van der Waals surface area contributed by atoms with Crippen molar-refractivity contribution in [3.05, 3.63) is 53.9 Å². The van der Waals surface area contributed by atoms with Crippen LogP contribution in [0.4, 0.5) is 0 Å². The SMILES string of the molecule is CCOc1ccccc1-c1nc2c(C)cccn2c1CN(C)C. The first kappa shape index (κ1) is 15.6. The van der Waals surface area contributed by atoms with Crippen LogP contribution in [-0.4, -0.2) is 35.0 Å². The van der Waals surface area contributed by atoms with Gasteiger partial charge in [-0.1, -0.05) is 18.2 Å². The Hall–Kier alpha value is -2.33. The monoisotopic (exact) mass is 309 g/mol. The maximum atomic E-state index is 5.81. The molecule has 0 amide bonds. The highest BCUT2D eigenvalue weighted by Gasteiger charge is 2.18. The van der Waals surface area contributed by atoms with Crippen LogP contribution in [-0.2, 0) is 6.54 Å². The van der Waals surface area contributed by atoms with Crippen LogP contribution < -0.4 is 4.74 Å². The van der Waals surface area contributed by atoms with Gasteiger partial charge in [0, 0.05) is 18.3 Å². The molecule has 0 bridgehead atoms. The van der Waals surface area contributed by atoms with Crippen LogP contribution in [0.25, 0.3) is 16.9 Å². The second-order valence-electron chi connectivity index (χ2n) is 5.96. The van der Waals surface area contributed by atoms with Crippen molar-refractivity contribution in [3.63, 3.8) is 0 Å². The molecule has 2 aromatic heterocycles. The van der Waals surface area contributed by atoms with E-state index in [9.17, 15) is 0 Å². The summed E-state index contributed by atoms with van der Waals surface area (Å²) in [5, 5.41) is 0. The van der Waals surface area contributed by atoms with Crippen molar-refractivity contribution >= 4 is 5.65 Å². The highest BCUT2D eigenvalue weighted by Crippen LogP contribution is 2.33. The molecule has 0 atom stereocenters. The van der Waals surface area contributed by atoms with Crippen molar-refractivity contribution in [3.8, 4) is 17.0 Å². The van der Waals surface area contributed by atoms with Crippen molar-refractivity contribution in [2.24, 2.45) is 0 Å². The van der Waals surface area contributed by atoms with E-state index in [-0.39, 0.29) is 0 Å². The molecule has 0 fully saturated rings. The number of benzene rings is 1. The first-order chi connectivity index (χ1) is 11.1. The number of fused-ring (bicyclic) bond motifs is 1. The first-order valence-corrected chi connectivity index (χ1v) is 7.95. The topological polar surface area (TPSA) is 29.8 Å². The summed E-state index contributed by atoms with van der Waals surface area (Å²) in [6.07, 6.45) is 2.08. The molecule has 0 saturated heterocycles. The molecule has 3 rings (SSSR count). The van der Waals surface area contributed by atoms with E-state index in [4.69, 9.17) is 9.72 Å². The zero-order valence-electron chi connectivity index (χ0n) is 14.2. The van der Waals surface area contributed by atoms with Crippen molar-refractivity contribution in [2.45, 2.75) is 20.4 Å². The van der Waals surface area contributed by atoms with Gasteiger partial charge in [0.2, 0.25) is 0 Å². The number of aromatic nitrogens is 2. The molecular formula is C19H23N3O. The molecule has 3 aromatic rings. The Kier molecular flexibility index (Phi) is 4.35. The van der Waals surface area contributed by atoms with Gasteiger partial charge in [0.25, 0.3) is 0 Å². The smallest absolute Gasteiger partial charge is 0.140 e. The largest absolute Gasteiger partial charge is 0.493 e. The van der Waals surface area contributed by atoms with Crippen molar-refractivity contribution in [2.75, 3.05) is 20.7 Å². The second-order valence-corrected chi connectivity index (χ2v) is 5.96. The number of imidazole rings is 1. The maximum absolute atomic E-state index is 5.81. The Balaban J connectivity index is 2.26. The molecule has 2 heterocycles. The number of hydrogen-bond acceptors (Lipinski definition) is 3. The number of para-hydroxylation sites is 1. The molecule has 0 unspecified atom stereocenters. The fourth-order valence-electron chi connectivity index (χ4n) is 2.86. The van der Waals surface area contributed by atoms with Crippen LogP contribution in [0, 0.1) is 6.92 Å². The summed E-state index contributed by atoms with van der Waals surface area (Å²) in [7, 11) is 4.15. The summed E-state index contributed by atoms with van der Waals surface area (Å²) in [6, 6.07) is 12.3. The van der Waals surface area contributed by atoms with Gasteiger partial charge in [-0.25, -0.2) is 4.98 Å². The second kappa shape index (κ2) is 6.42. The average Bonchev–Trinajstić information content (AvgIpc) is 2.88. The zero-order valence-corrected chi connectivity index (χ0v) is 14.2. The minimum atomic E-state index is 0.645. The lowest BCUT2D eigenvalue weighted by Gasteiger charge is -2.13. The number of hydrogen-bond donors (Lipinski definition) is 0. The molecule has 0 aliphatic carbocycles. The number of nitrogens with zero attached hydrogens (tertiary/aromatic N) is 3. The summed E-state index contributed by atoms with van der Waals surface area (Å²) in [4.78, 5) is 7.10. The van der Waals surface area contributed by atoms with Crippen LogP contribution in [0.5, 0.6) is 5.75 Å². The summed E-state index contributed by atoms with van der Waals surface area (Å²) >= 11 is 0. The highest BCUT2D eigenvalue weighted by molar-refractivity contribution is 5.73. The van der Waals surface area contributed by atoms with E-state index in [1.165, 1.54) is 11.3 Å². The normalized spacial score (nSPS) is 11.3. The van der Waals surface area contributed by atoms with Gasteiger partial charge in [-0.3, -0.25) is 0 Å². The first-order valence-electron chi connectivity index (χ1n) is 7.95. The molecule has 0 aliphatic rings. The minimum absolute atomic E-state index is 0.645. The molecule has 4 nitrogen and oxygen atoms in total. The Bertz CT molecular complexity index is 821. The lowest BCUT2D eigenvalue weighted by Crippen LogP contribution is -2.13. The standard InChI is InChI=1S/C19H23N3O/c1-5-23-17-11-7-6-10-15(17)18-16(13-21(3)4)22-12-8-9-14(2)19(22)20-18/h6-12H,5,13H2,1-4H3.